The van der Waals surface area contributed by atoms with Gasteiger partial charge in [0.1, 0.15) is 0 Å². The topological polar surface area (TPSA) is 41.9 Å². The number of rotatable bonds is 9. The number of thioether (sulfide) groups is 2. The summed E-state index contributed by atoms with van der Waals surface area (Å²) in [6, 6.07) is 0. The van der Waals surface area contributed by atoms with Crippen LogP contribution in [-0.4, -0.2) is 61.7 Å². The number of aromatic nitrogens is 3. The maximum atomic E-state index is 14.4. The molecule has 0 aliphatic carbocycles. The molecular weight excluding hydrogens is 816 g/mol. The number of benzene rings is 1. The summed E-state index contributed by atoms with van der Waals surface area (Å²) >= 11 is 3.71. The van der Waals surface area contributed by atoms with Gasteiger partial charge in [-0.05, 0) is 10.8 Å². The first-order valence-electron chi connectivity index (χ1n) is 11.2. The van der Waals surface area contributed by atoms with Crippen LogP contribution in [0.3, 0.4) is 0 Å². The van der Waals surface area contributed by atoms with E-state index < -0.39 is 105 Å². The zero-order chi connectivity index (χ0) is 39.4. The molecule has 4 nitrogen and oxygen atoms in total. The quantitative estimate of drug-likeness (QED) is 0.109. The highest BCUT2D eigenvalue weighted by molar-refractivity contribution is 8.21. The minimum atomic E-state index is -9.08. The zero-order valence-corrected chi connectivity index (χ0v) is 23.7. The van der Waals surface area contributed by atoms with Gasteiger partial charge in [0.05, 0.1) is 0 Å². The summed E-state index contributed by atoms with van der Waals surface area (Å²) < 4.78 is 323. The first-order valence-corrected chi connectivity index (χ1v) is 13.3. The van der Waals surface area contributed by atoms with E-state index in [2.05, 4.69) is 10.8 Å². The SMILES string of the molecule is C1=CSCS1.Fc1nc(N(F)c2c(F)c(F)c(F)c(F)c2F)nc(C(F)(F)C(F)(F)C(F)(F)C(F)(F)C(F)(F)C(F)(F)C(F)(F)C(F)(F)F)n1. The van der Waals surface area contributed by atoms with Crippen molar-refractivity contribution in [1.29, 1.82) is 0 Å². The molecule has 0 atom stereocenters. The first kappa shape index (κ1) is 43.0. The van der Waals surface area contributed by atoms with Gasteiger partial charge >= 0.3 is 53.7 Å². The Bertz CT molecular complexity index is 1570. The average Bonchev–Trinajstić information content (AvgIpc) is 3.58. The Morgan fingerprint density at radius 2 is 0.840 bits per heavy atom. The van der Waals surface area contributed by atoms with Crippen molar-refractivity contribution in [3.8, 4) is 0 Å². The Morgan fingerprint density at radius 1 is 0.480 bits per heavy atom. The van der Waals surface area contributed by atoms with Crippen LogP contribution >= 0.6 is 23.5 Å². The highest BCUT2D eigenvalue weighted by atomic mass is 32.2. The van der Waals surface area contributed by atoms with E-state index in [1.54, 1.807) is 4.98 Å². The molecular formula is C20H4F24N4S2. The fraction of sp³-hybridized carbons (Fsp3) is 0.450. The molecule has 2 heterocycles. The van der Waals surface area contributed by atoms with Gasteiger partial charge in [-0.3, -0.25) is 0 Å². The van der Waals surface area contributed by atoms with Crippen molar-refractivity contribution in [3.05, 3.63) is 51.8 Å². The first-order chi connectivity index (χ1) is 22.2. The molecule has 0 fully saturated rings. The fourth-order valence-electron chi connectivity index (χ4n) is 2.93. The van der Waals surface area contributed by atoms with E-state index in [1.807, 2.05) is 28.5 Å². The largest absolute Gasteiger partial charge is 0.460 e. The van der Waals surface area contributed by atoms with Crippen LogP contribution in [-0.2, 0) is 5.92 Å². The van der Waals surface area contributed by atoms with Gasteiger partial charge in [-0.2, -0.15) is 94.0 Å². The minimum absolute atomic E-state index is 1.22. The Kier molecular flexibility index (Phi) is 11.5. The molecule has 1 aliphatic heterocycles. The highest BCUT2D eigenvalue weighted by Crippen LogP contribution is 2.64. The van der Waals surface area contributed by atoms with Crippen molar-refractivity contribution >= 4 is 35.2 Å². The average molecular weight is 820 g/mol. The van der Waals surface area contributed by atoms with E-state index >= 15 is 0 Å². The van der Waals surface area contributed by atoms with E-state index in [0.717, 1.165) is 0 Å². The number of hydrogen-bond donors (Lipinski definition) is 0. The Morgan fingerprint density at radius 3 is 1.20 bits per heavy atom. The zero-order valence-electron chi connectivity index (χ0n) is 22.0. The predicted molar refractivity (Wildman–Crippen MR) is 118 cm³/mol. The van der Waals surface area contributed by atoms with Gasteiger partial charge in [-0.15, -0.1) is 28.6 Å². The normalized spacial score (nSPS) is 15.3. The lowest BCUT2D eigenvalue weighted by Crippen LogP contribution is -2.74. The third kappa shape index (κ3) is 6.52. The molecule has 0 saturated carbocycles. The summed E-state index contributed by atoms with van der Waals surface area (Å²) in [6.45, 7) is 0. The summed E-state index contributed by atoms with van der Waals surface area (Å²) in [5.74, 6) is -83.4. The van der Waals surface area contributed by atoms with E-state index in [1.165, 1.54) is 10.1 Å². The maximum Gasteiger partial charge on any atom is 0.460 e. The van der Waals surface area contributed by atoms with E-state index in [4.69, 9.17) is 0 Å². The molecule has 1 aromatic heterocycles. The highest BCUT2D eigenvalue weighted by Gasteiger charge is 2.95. The van der Waals surface area contributed by atoms with Crippen LogP contribution in [0.1, 0.15) is 5.82 Å². The smallest absolute Gasteiger partial charge is 0.201 e. The van der Waals surface area contributed by atoms with Crippen LogP contribution in [0, 0.1) is 35.2 Å². The molecule has 2 aromatic rings. The molecule has 0 saturated heterocycles. The number of alkyl halides is 17. The standard InChI is InChI=1S/C17F24N4.C3H4S2/c18-1-2(19)4(21)6(5(22)3(1)20)45(41)9-43-7(42-8(23)44-9)10(24,25)11(26,27)12(28,29)13(30,31)14(32,33)15(34,35)16(36,37)17(38,39)40;1-2-5-3-4-1/h;1-2H,3H2. The van der Waals surface area contributed by atoms with Crippen molar-refractivity contribution in [1.82, 2.24) is 15.0 Å². The lowest BCUT2D eigenvalue weighted by Gasteiger charge is -2.42. The number of nitrogens with zero attached hydrogens (tertiary/aromatic N) is 4. The Labute approximate surface area is 265 Å². The van der Waals surface area contributed by atoms with Gasteiger partial charge in [-0.25, -0.2) is 22.0 Å². The minimum Gasteiger partial charge on any atom is -0.201 e. The van der Waals surface area contributed by atoms with Crippen molar-refractivity contribution in [3.63, 3.8) is 0 Å². The van der Waals surface area contributed by atoms with Crippen molar-refractivity contribution in [2.24, 2.45) is 0 Å². The van der Waals surface area contributed by atoms with Crippen LogP contribution in [0.25, 0.3) is 0 Å². The molecule has 0 bridgehead atoms. The second-order valence-corrected chi connectivity index (χ2v) is 10.8. The van der Waals surface area contributed by atoms with Gasteiger partial charge < -0.3 is 0 Å². The number of hydrogen-bond acceptors (Lipinski definition) is 6. The van der Waals surface area contributed by atoms with E-state index in [0.29, 0.717) is 0 Å². The predicted octanol–water partition coefficient (Wildman–Crippen LogP) is 10.1. The maximum absolute atomic E-state index is 14.4. The Balaban J connectivity index is 0.00000158. The van der Waals surface area contributed by atoms with Crippen LogP contribution in [0.2, 0.25) is 0 Å². The summed E-state index contributed by atoms with van der Waals surface area (Å²) in [5, 5.41) is 3.18. The van der Waals surface area contributed by atoms with Gasteiger partial charge in [0.25, 0.3) is 5.95 Å². The second-order valence-electron chi connectivity index (χ2n) is 8.67. The van der Waals surface area contributed by atoms with Crippen LogP contribution in [0.15, 0.2) is 10.8 Å². The molecule has 284 valence electrons. The second kappa shape index (κ2) is 13.4. The number of anilines is 2. The molecule has 0 amide bonds. The molecule has 30 heteroatoms. The molecule has 0 unspecified atom stereocenters. The summed E-state index contributed by atoms with van der Waals surface area (Å²) in [5.41, 5.74) is -3.01. The lowest BCUT2D eigenvalue weighted by atomic mass is 9.89. The monoisotopic (exact) mass is 820 g/mol. The van der Waals surface area contributed by atoms with Gasteiger partial charge in [0.15, 0.2) is 29.0 Å². The molecule has 0 spiro atoms. The third-order valence-corrected chi connectivity index (χ3v) is 7.46. The van der Waals surface area contributed by atoms with Crippen molar-refractivity contribution in [2.45, 2.75) is 47.6 Å². The van der Waals surface area contributed by atoms with Gasteiger partial charge in [0.2, 0.25) is 11.6 Å². The summed E-state index contributed by atoms with van der Waals surface area (Å²) in [7, 11) is 0. The number of halogens is 24. The van der Waals surface area contributed by atoms with Crippen LogP contribution < -0.4 is 5.12 Å². The van der Waals surface area contributed by atoms with Gasteiger partial charge in [-0.1, -0.05) is 4.48 Å². The van der Waals surface area contributed by atoms with Crippen molar-refractivity contribution < 1.29 is 105 Å². The molecule has 0 N–H and O–H groups in total. The van der Waals surface area contributed by atoms with Crippen LogP contribution in [0.5, 0.6) is 0 Å². The van der Waals surface area contributed by atoms with E-state index in [9.17, 15) is 105 Å². The fourth-order valence-corrected chi connectivity index (χ4v) is 4.51. The molecule has 0 radical (unpaired) electrons. The van der Waals surface area contributed by atoms with Gasteiger partial charge in [0, 0.05) is 5.08 Å². The summed E-state index contributed by atoms with van der Waals surface area (Å²) in [4.78, 5) is 4.89. The third-order valence-electron chi connectivity index (χ3n) is 5.54. The Hall–Kier alpha value is -3.21. The van der Waals surface area contributed by atoms with E-state index in [-0.39, 0.29) is 0 Å². The lowest BCUT2D eigenvalue weighted by molar-refractivity contribution is -0.463. The summed E-state index contributed by atoms with van der Waals surface area (Å²) in [6.07, 6.45) is -11.3. The van der Waals surface area contributed by atoms with Crippen molar-refractivity contribution in [2.75, 3.05) is 10.2 Å². The molecule has 3 rings (SSSR count). The molecule has 1 aromatic carbocycles. The van der Waals surface area contributed by atoms with Crippen LogP contribution in [0.4, 0.5) is 117 Å². The molecule has 50 heavy (non-hydrogen) atoms. The molecule has 1 aliphatic rings.